The number of carboxylic acid groups (broad SMARTS) is 1. The number of pyridine rings is 1. The number of amides is 2. The number of rotatable bonds is 8. The molecule has 3 heterocycles. The van der Waals surface area contributed by atoms with Gasteiger partial charge in [0.25, 0.3) is 5.92 Å². The van der Waals surface area contributed by atoms with Crippen molar-refractivity contribution in [2.24, 2.45) is 0 Å². The molecule has 0 aliphatic carbocycles. The predicted octanol–water partition coefficient (Wildman–Crippen LogP) is 4.71. The van der Waals surface area contributed by atoms with Crippen LogP contribution in [0.2, 0.25) is 5.15 Å². The third-order valence-electron chi connectivity index (χ3n) is 7.83. The van der Waals surface area contributed by atoms with Gasteiger partial charge in [-0.2, -0.15) is 13.1 Å². The summed E-state index contributed by atoms with van der Waals surface area (Å²) in [7, 11) is -3.93. The maximum atomic E-state index is 15.4. The number of aromatic nitrogens is 1. The molecule has 5 rings (SSSR count). The van der Waals surface area contributed by atoms with Crippen LogP contribution >= 0.6 is 11.6 Å². The molecule has 2 N–H and O–H groups in total. The van der Waals surface area contributed by atoms with E-state index in [9.17, 15) is 22.8 Å². The molecule has 0 saturated carbocycles. The third-order valence-corrected chi connectivity index (χ3v) is 9.94. The summed E-state index contributed by atoms with van der Waals surface area (Å²) in [6.45, 7) is 5.80. The number of aromatic carboxylic acids is 1. The number of nitrogens with zero attached hydrogens (tertiary/aromatic N) is 4. The Morgan fingerprint density at radius 2 is 1.60 bits per heavy atom. The highest BCUT2D eigenvalue weighted by molar-refractivity contribution is 7.89. The molecule has 2 aromatic carbocycles. The summed E-state index contributed by atoms with van der Waals surface area (Å²) in [6.07, 6.45) is -0.553. The van der Waals surface area contributed by atoms with Crippen LogP contribution in [0.15, 0.2) is 65.6 Å². The van der Waals surface area contributed by atoms with Gasteiger partial charge in [-0.1, -0.05) is 23.7 Å². The van der Waals surface area contributed by atoms with Gasteiger partial charge in [-0.05, 0) is 69.3 Å². The molecule has 1 aromatic heterocycles. The Labute approximate surface area is 281 Å². The number of nitrogens with one attached hydrogen (secondary N) is 1. The van der Waals surface area contributed by atoms with Crippen LogP contribution in [0, 0.1) is 0 Å². The van der Waals surface area contributed by atoms with Gasteiger partial charge < -0.3 is 25.0 Å². The number of alkyl carbamates (subject to hydrolysis) is 1. The maximum absolute atomic E-state index is 15.4. The molecule has 256 valence electrons. The van der Waals surface area contributed by atoms with Crippen molar-refractivity contribution >= 4 is 51.1 Å². The van der Waals surface area contributed by atoms with E-state index in [2.05, 4.69) is 10.3 Å². The van der Waals surface area contributed by atoms with Gasteiger partial charge in [0, 0.05) is 56.0 Å². The van der Waals surface area contributed by atoms with Crippen LogP contribution in [0.4, 0.5) is 25.1 Å². The third kappa shape index (κ3) is 7.69. The topological polar surface area (TPSA) is 149 Å². The van der Waals surface area contributed by atoms with E-state index in [0.29, 0.717) is 5.69 Å². The molecule has 0 unspecified atom stereocenters. The molecule has 3 aromatic rings. The first-order chi connectivity index (χ1) is 22.4. The molecule has 12 nitrogen and oxygen atoms in total. The molecule has 2 aliphatic rings. The van der Waals surface area contributed by atoms with E-state index in [-0.39, 0.29) is 66.5 Å². The van der Waals surface area contributed by atoms with E-state index < -0.39 is 50.8 Å². The Morgan fingerprint density at radius 1 is 0.979 bits per heavy atom. The molecule has 16 heteroatoms. The van der Waals surface area contributed by atoms with E-state index in [1.807, 2.05) is 0 Å². The standard InChI is InChI=1S/C32H34ClF2N5O7S/c1-31(2,3)47-30(44)36-23-18-28(41)40(19-23)24-8-10-25(11-9-24)48(45,46)39-14-12-38(13-15-39)27-17-22(16-26(33)37-27)32(34,35)21-6-4-20(5-7-21)29(42)43/h4-11,16-17,23H,12-15,18-19H2,1-3H3,(H,36,44)(H,42,43)/t23-/m1/s1. The van der Waals surface area contributed by atoms with Gasteiger partial charge in [0.05, 0.1) is 16.5 Å². The van der Waals surface area contributed by atoms with Crippen LogP contribution in [0.3, 0.4) is 0 Å². The number of ether oxygens (including phenoxy) is 1. The zero-order chi connectivity index (χ0) is 35.0. The molecule has 0 bridgehead atoms. The van der Waals surface area contributed by atoms with Gasteiger partial charge in [-0.3, -0.25) is 4.79 Å². The highest BCUT2D eigenvalue weighted by atomic mass is 35.5. The molecule has 0 radical (unpaired) electrons. The van der Waals surface area contributed by atoms with Crippen LogP contribution in [0.5, 0.6) is 0 Å². The quantitative estimate of drug-likeness (QED) is 0.318. The summed E-state index contributed by atoms with van der Waals surface area (Å²) in [5.41, 5.74) is -1.20. The fraction of sp³-hybridized carbons (Fsp3) is 0.375. The SMILES string of the molecule is CC(C)(C)OC(=O)N[C@@H]1CC(=O)N(c2ccc(S(=O)(=O)N3CCN(c4cc(C(F)(F)c5ccc(C(=O)O)cc5)cc(Cl)n4)CC3)cc2)C1. The summed E-state index contributed by atoms with van der Waals surface area (Å²) in [6, 6.07) is 11.9. The smallest absolute Gasteiger partial charge is 0.407 e. The lowest BCUT2D eigenvalue weighted by molar-refractivity contribution is -0.117. The fourth-order valence-corrected chi connectivity index (χ4v) is 7.07. The second-order valence-corrected chi connectivity index (χ2v) is 14.8. The average Bonchev–Trinajstić information content (AvgIpc) is 3.39. The Balaban J connectivity index is 1.23. The van der Waals surface area contributed by atoms with Crippen LogP contribution in [0.25, 0.3) is 0 Å². The fourth-order valence-electron chi connectivity index (χ4n) is 5.45. The van der Waals surface area contributed by atoms with Crippen LogP contribution in [-0.4, -0.2) is 85.1 Å². The van der Waals surface area contributed by atoms with Crippen LogP contribution < -0.4 is 15.1 Å². The van der Waals surface area contributed by atoms with E-state index in [4.69, 9.17) is 21.4 Å². The monoisotopic (exact) mass is 705 g/mol. The number of carbonyl (C=O) groups excluding carboxylic acids is 2. The Bertz CT molecular complexity index is 1810. The first-order valence-corrected chi connectivity index (χ1v) is 16.8. The molecule has 0 spiro atoms. The number of piperazine rings is 1. The Hall–Kier alpha value is -4.34. The van der Waals surface area contributed by atoms with E-state index in [0.717, 1.165) is 30.3 Å². The number of sulfonamides is 1. The second-order valence-electron chi connectivity index (χ2n) is 12.4. The Kier molecular flexibility index (Phi) is 9.68. The first-order valence-electron chi connectivity index (χ1n) is 15.0. The number of halogens is 3. The number of carboxylic acids is 1. The van der Waals surface area contributed by atoms with E-state index in [1.165, 1.54) is 39.5 Å². The summed E-state index contributed by atoms with van der Waals surface area (Å²) < 4.78 is 64.4. The molecule has 2 saturated heterocycles. The van der Waals surface area contributed by atoms with Gasteiger partial charge in [-0.15, -0.1) is 0 Å². The average molecular weight is 706 g/mol. The predicted molar refractivity (Wildman–Crippen MR) is 173 cm³/mol. The van der Waals surface area contributed by atoms with Crippen LogP contribution in [0.1, 0.15) is 48.7 Å². The summed E-state index contributed by atoms with van der Waals surface area (Å²) in [4.78, 5) is 43.2. The van der Waals surface area contributed by atoms with Crippen molar-refractivity contribution in [3.63, 3.8) is 0 Å². The van der Waals surface area contributed by atoms with Gasteiger partial charge in [0.1, 0.15) is 16.6 Å². The number of alkyl halides is 2. The van der Waals surface area contributed by atoms with E-state index in [1.54, 1.807) is 25.7 Å². The minimum Gasteiger partial charge on any atom is -0.478 e. The normalized spacial score (nSPS) is 17.8. The van der Waals surface area contributed by atoms with Crippen molar-refractivity contribution in [3.8, 4) is 0 Å². The number of hydrogen-bond donors (Lipinski definition) is 2. The zero-order valence-electron chi connectivity index (χ0n) is 26.3. The largest absolute Gasteiger partial charge is 0.478 e. The molecule has 2 amide bonds. The Morgan fingerprint density at radius 3 is 2.19 bits per heavy atom. The van der Waals surface area contributed by atoms with Crippen molar-refractivity contribution in [2.75, 3.05) is 42.5 Å². The number of anilines is 2. The van der Waals surface area contributed by atoms with Gasteiger partial charge >= 0.3 is 12.1 Å². The molecule has 48 heavy (non-hydrogen) atoms. The zero-order valence-corrected chi connectivity index (χ0v) is 27.9. The molecule has 1 atom stereocenters. The number of benzene rings is 2. The minimum atomic E-state index is -3.93. The van der Waals surface area contributed by atoms with Crippen molar-refractivity contribution in [3.05, 3.63) is 82.5 Å². The lowest BCUT2D eigenvalue weighted by Crippen LogP contribution is -2.49. The van der Waals surface area contributed by atoms with Crippen molar-refractivity contribution in [2.45, 2.75) is 49.7 Å². The molecular weight excluding hydrogens is 672 g/mol. The molecule has 2 aliphatic heterocycles. The molecular formula is C32H34ClF2N5O7S. The minimum absolute atomic E-state index is 0.0199. The lowest BCUT2D eigenvalue weighted by Gasteiger charge is -2.35. The summed E-state index contributed by atoms with van der Waals surface area (Å²) >= 11 is 6.13. The van der Waals surface area contributed by atoms with Gasteiger partial charge in [0.15, 0.2) is 0 Å². The second kappa shape index (κ2) is 13.3. The van der Waals surface area contributed by atoms with Crippen molar-refractivity contribution in [1.29, 1.82) is 0 Å². The highest BCUT2D eigenvalue weighted by Gasteiger charge is 2.37. The lowest BCUT2D eigenvalue weighted by atomic mass is 10.00. The number of carbonyl (C=O) groups is 3. The first kappa shape index (κ1) is 35.0. The van der Waals surface area contributed by atoms with Crippen molar-refractivity contribution < 1.29 is 41.4 Å². The van der Waals surface area contributed by atoms with Crippen molar-refractivity contribution in [1.82, 2.24) is 14.6 Å². The van der Waals surface area contributed by atoms with Crippen LogP contribution in [-0.2, 0) is 25.5 Å². The maximum Gasteiger partial charge on any atom is 0.407 e. The summed E-state index contributed by atoms with van der Waals surface area (Å²) in [5, 5.41) is 11.6. The number of hydrogen-bond acceptors (Lipinski definition) is 8. The summed E-state index contributed by atoms with van der Waals surface area (Å²) in [5.74, 6) is -4.82. The highest BCUT2D eigenvalue weighted by Crippen LogP contribution is 2.38. The van der Waals surface area contributed by atoms with Gasteiger partial charge in [-0.25, -0.2) is 23.0 Å². The molecule has 2 fully saturated rings. The van der Waals surface area contributed by atoms with E-state index >= 15 is 8.78 Å². The van der Waals surface area contributed by atoms with Gasteiger partial charge in [0.2, 0.25) is 15.9 Å².